The average Bonchev–Trinajstić information content (AvgIpc) is 2.64. The second kappa shape index (κ2) is 6.78. The maximum absolute atomic E-state index is 11.8. The van der Waals surface area contributed by atoms with Gasteiger partial charge < -0.3 is 5.73 Å². The van der Waals surface area contributed by atoms with Gasteiger partial charge >= 0.3 is 0 Å². The van der Waals surface area contributed by atoms with E-state index in [1.807, 2.05) is 6.08 Å². The Morgan fingerprint density at radius 3 is 2.73 bits per heavy atom. The summed E-state index contributed by atoms with van der Waals surface area (Å²) in [6.45, 7) is 3.68. The summed E-state index contributed by atoms with van der Waals surface area (Å²) in [4.78, 5) is 11.8. The maximum Gasteiger partial charge on any atom is 0.137 e. The topological polar surface area (TPSA) is 43.1 Å². The Kier molecular flexibility index (Phi) is 5.62. The fourth-order valence-corrected chi connectivity index (χ4v) is 2.34. The summed E-state index contributed by atoms with van der Waals surface area (Å²) < 4.78 is 0. The average molecular weight is 209 g/mol. The quantitative estimate of drug-likeness (QED) is 0.517. The first-order valence-electron chi connectivity index (χ1n) is 6.15. The molecule has 0 aromatic heterocycles. The van der Waals surface area contributed by atoms with Gasteiger partial charge in [0.15, 0.2) is 0 Å². The Balaban J connectivity index is 2.10. The van der Waals surface area contributed by atoms with Gasteiger partial charge in [-0.1, -0.05) is 18.9 Å². The summed E-state index contributed by atoms with van der Waals surface area (Å²) in [6, 6.07) is 0.144. The second-order valence-electron chi connectivity index (χ2n) is 4.56. The van der Waals surface area contributed by atoms with Crippen molar-refractivity contribution in [3.05, 3.63) is 12.7 Å². The molecule has 0 amide bonds. The zero-order chi connectivity index (χ0) is 11.1. The molecule has 0 aromatic carbocycles. The van der Waals surface area contributed by atoms with Crippen molar-refractivity contribution in [1.29, 1.82) is 0 Å². The van der Waals surface area contributed by atoms with Crippen LogP contribution in [0.4, 0.5) is 0 Å². The Bertz CT molecular complexity index is 213. The molecule has 2 unspecified atom stereocenters. The first kappa shape index (κ1) is 12.4. The fourth-order valence-electron chi connectivity index (χ4n) is 2.34. The largest absolute Gasteiger partial charge is 0.327 e. The number of unbranched alkanes of at least 4 members (excludes halogenated alkanes) is 3. The zero-order valence-corrected chi connectivity index (χ0v) is 9.58. The van der Waals surface area contributed by atoms with E-state index in [1.165, 1.54) is 0 Å². The molecule has 1 rings (SSSR count). The third-order valence-electron chi connectivity index (χ3n) is 3.31. The van der Waals surface area contributed by atoms with Crippen LogP contribution in [0.3, 0.4) is 0 Å². The van der Waals surface area contributed by atoms with E-state index in [2.05, 4.69) is 6.58 Å². The van der Waals surface area contributed by atoms with Crippen LogP contribution < -0.4 is 5.73 Å². The summed E-state index contributed by atoms with van der Waals surface area (Å²) >= 11 is 0. The summed E-state index contributed by atoms with van der Waals surface area (Å²) in [7, 11) is 0. The monoisotopic (exact) mass is 209 g/mol. The number of hydrogen-bond donors (Lipinski definition) is 1. The fraction of sp³-hybridized carbons (Fsp3) is 0.769. The lowest BCUT2D eigenvalue weighted by Crippen LogP contribution is -2.30. The van der Waals surface area contributed by atoms with Crippen molar-refractivity contribution in [2.24, 2.45) is 11.7 Å². The van der Waals surface area contributed by atoms with E-state index in [1.54, 1.807) is 0 Å². The van der Waals surface area contributed by atoms with Gasteiger partial charge in [0.2, 0.25) is 0 Å². The molecule has 0 aromatic rings. The number of hydrogen-bond acceptors (Lipinski definition) is 2. The van der Waals surface area contributed by atoms with Crippen LogP contribution in [0.5, 0.6) is 0 Å². The van der Waals surface area contributed by atoms with Crippen LogP contribution in [-0.2, 0) is 4.79 Å². The summed E-state index contributed by atoms with van der Waals surface area (Å²) in [5, 5.41) is 0. The minimum Gasteiger partial charge on any atom is -0.327 e. The van der Waals surface area contributed by atoms with Crippen LogP contribution in [0.25, 0.3) is 0 Å². The van der Waals surface area contributed by atoms with E-state index in [9.17, 15) is 4.79 Å². The molecule has 2 nitrogen and oxygen atoms in total. The maximum atomic E-state index is 11.8. The molecule has 0 heterocycles. The minimum atomic E-state index is 0.144. The van der Waals surface area contributed by atoms with Crippen LogP contribution >= 0.6 is 0 Å². The first-order valence-corrected chi connectivity index (χ1v) is 6.15. The van der Waals surface area contributed by atoms with Crippen LogP contribution in [0.2, 0.25) is 0 Å². The Hall–Kier alpha value is -0.630. The number of carbonyl (C=O) groups is 1. The second-order valence-corrected chi connectivity index (χ2v) is 4.56. The van der Waals surface area contributed by atoms with Crippen molar-refractivity contribution in [3.63, 3.8) is 0 Å². The Morgan fingerprint density at radius 1 is 1.33 bits per heavy atom. The molecule has 1 aliphatic rings. The van der Waals surface area contributed by atoms with E-state index in [-0.39, 0.29) is 12.0 Å². The summed E-state index contributed by atoms with van der Waals surface area (Å²) in [5.41, 5.74) is 5.90. The first-order chi connectivity index (χ1) is 7.25. The molecule has 86 valence electrons. The van der Waals surface area contributed by atoms with Crippen molar-refractivity contribution >= 4 is 5.78 Å². The van der Waals surface area contributed by atoms with Crippen LogP contribution in [-0.4, -0.2) is 11.8 Å². The number of allylic oxidation sites excluding steroid dienone is 1. The number of Topliss-reactive ketones (excluding diaryl/α,β-unsaturated/α-hetero) is 1. The van der Waals surface area contributed by atoms with Crippen molar-refractivity contribution in [3.8, 4) is 0 Å². The van der Waals surface area contributed by atoms with Gasteiger partial charge in [-0.15, -0.1) is 6.58 Å². The predicted octanol–water partition coefficient (Wildman–Crippen LogP) is 2.82. The molecule has 0 aliphatic heterocycles. The number of ketones is 1. The molecule has 2 heteroatoms. The lowest BCUT2D eigenvalue weighted by molar-refractivity contribution is -0.123. The normalized spacial score (nSPS) is 25.4. The lowest BCUT2D eigenvalue weighted by Gasteiger charge is -2.13. The van der Waals surface area contributed by atoms with E-state index in [0.717, 1.165) is 51.4 Å². The van der Waals surface area contributed by atoms with Crippen LogP contribution in [0, 0.1) is 5.92 Å². The molecule has 0 bridgehead atoms. The van der Waals surface area contributed by atoms with Crippen molar-refractivity contribution in [2.45, 2.75) is 57.4 Å². The molecule has 15 heavy (non-hydrogen) atoms. The van der Waals surface area contributed by atoms with Gasteiger partial charge in [0.05, 0.1) is 0 Å². The van der Waals surface area contributed by atoms with Gasteiger partial charge in [0.1, 0.15) is 5.78 Å². The molecule has 1 saturated carbocycles. The molecular weight excluding hydrogens is 186 g/mol. The molecule has 1 aliphatic carbocycles. The van der Waals surface area contributed by atoms with Crippen molar-refractivity contribution < 1.29 is 4.79 Å². The van der Waals surface area contributed by atoms with Gasteiger partial charge in [-0.25, -0.2) is 0 Å². The third-order valence-corrected chi connectivity index (χ3v) is 3.31. The molecule has 0 radical (unpaired) electrons. The third kappa shape index (κ3) is 4.17. The van der Waals surface area contributed by atoms with Crippen LogP contribution in [0.1, 0.15) is 51.4 Å². The summed E-state index contributed by atoms with van der Waals surface area (Å²) in [5.74, 6) is 0.572. The lowest BCUT2D eigenvalue weighted by atomic mass is 9.95. The molecule has 0 saturated heterocycles. The number of nitrogens with two attached hydrogens (primary N) is 1. The minimum absolute atomic E-state index is 0.144. The van der Waals surface area contributed by atoms with E-state index in [0.29, 0.717) is 5.78 Å². The highest BCUT2D eigenvalue weighted by molar-refractivity contribution is 5.81. The van der Waals surface area contributed by atoms with Gasteiger partial charge in [-0.2, -0.15) is 0 Å². The molecule has 2 N–H and O–H groups in total. The predicted molar refractivity (Wildman–Crippen MR) is 63.6 cm³/mol. The number of rotatable bonds is 7. The Morgan fingerprint density at radius 2 is 2.13 bits per heavy atom. The van der Waals surface area contributed by atoms with E-state index < -0.39 is 0 Å². The molecular formula is C13H23NO. The van der Waals surface area contributed by atoms with Crippen molar-refractivity contribution in [2.75, 3.05) is 0 Å². The highest BCUT2D eigenvalue weighted by atomic mass is 16.1. The molecule has 0 spiro atoms. The molecule has 1 fully saturated rings. The standard InChI is InChI=1S/C13H23NO/c1-2-3-4-5-6-10-13(15)11-8-7-9-12(11)14/h2,11-12H,1,3-10,14H2. The SMILES string of the molecule is C=CCCCCCC(=O)C1CCCC1N. The van der Waals surface area contributed by atoms with Gasteiger partial charge in [0.25, 0.3) is 0 Å². The van der Waals surface area contributed by atoms with Crippen molar-refractivity contribution in [1.82, 2.24) is 0 Å². The van der Waals surface area contributed by atoms with Crippen LogP contribution in [0.15, 0.2) is 12.7 Å². The van der Waals surface area contributed by atoms with Gasteiger partial charge in [-0.05, 0) is 32.1 Å². The van der Waals surface area contributed by atoms with E-state index >= 15 is 0 Å². The van der Waals surface area contributed by atoms with E-state index in [4.69, 9.17) is 5.73 Å². The Labute approximate surface area is 92.9 Å². The van der Waals surface area contributed by atoms with Gasteiger partial charge in [0, 0.05) is 18.4 Å². The number of carbonyl (C=O) groups excluding carboxylic acids is 1. The summed E-state index contributed by atoms with van der Waals surface area (Å²) in [6.07, 6.45) is 10.2. The van der Waals surface area contributed by atoms with Gasteiger partial charge in [-0.3, -0.25) is 4.79 Å². The highest BCUT2D eigenvalue weighted by Gasteiger charge is 2.29. The zero-order valence-electron chi connectivity index (χ0n) is 9.58. The highest BCUT2D eigenvalue weighted by Crippen LogP contribution is 2.26. The molecule has 2 atom stereocenters. The smallest absolute Gasteiger partial charge is 0.137 e.